The highest BCUT2D eigenvalue weighted by Gasteiger charge is 2.37. The number of amides is 1. The van der Waals surface area contributed by atoms with Crippen LogP contribution in [0.1, 0.15) is 69.2 Å². The van der Waals surface area contributed by atoms with Crippen molar-refractivity contribution in [1.29, 1.82) is 0 Å². The van der Waals surface area contributed by atoms with Crippen molar-refractivity contribution < 1.29 is 28.2 Å². The first-order chi connectivity index (χ1) is 18.5. The zero-order chi connectivity index (χ0) is 28.3. The van der Waals surface area contributed by atoms with Crippen molar-refractivity contribution in [3.8, 4) is 22.3 Å². The Morgan fingerprint density at radius 3 is 2.23 bits per heavy atom. The Labute approximate surface area is 229 Å². The van der Waals surface area contributed by atoms with Crippen LogP contribution < -0.4 is 5.73 Å². The zero-order valence-electron chi connectivity index (χ0n) is 23.2. The van der Waals surface area contributed by atoms with Crippen molar-refractivity contribution in [3.05, 3.63) is 71.8 Å². The maximum atomic E-state index is 13.9. The van der Waals surface area contributed by atoms with Crippen molar-refractivity contribution in [2.75, 3.05) is 7.11 Å². The first-order valence-electron chi connectivity index (χ1n) is 13.3. The Morgan fingerprint density at radius 1 is 1.03 bits per heavy atom. The number of carbonyl (C=O) groups excluding carboxylic acids is 2. The summed E-state index contributed by atoms with van der Waals surface area (Å²) in [5.41, 5.74) is 10.6. The number of nitrogens with two attached hydrogens (primary N) is 1. The summed E-state index contributed by atoms with van der Waals surface area (Å²) in [6.45, 7) is 7.70. The van der Waals surface area contributed by atoms with Crippen molar-refractivity contribution in [3.63, 3.8) is 0 Å². The minimum atomic E-state index is -0.866. The number of aromatic nitrogens is 1. The van der Waals surface area contributed by atoms with Gasteiger partial charge in [0.15, 0.2) is 5.79 Å². The monoisotopic (exact) mass is 536 g/mol. The van der Waals surface area contributed by atoms with Crippen LogP contribution in [0.4, 0.5) is 4.39 Å². The van der Waals surface area contributed by atoms with Crippen LogP contribution >= 0.6 is 0 Å². The Hall–Kier alpha value is -3.49. The average Bonchev–Trinajstić information content (AvgIpc) is 3.23. The molecule has 0 bridgehead atoms. The van der Waals surface area contributed by atoms with E-state index in [0.29, 0.717) is 25.0 Å². The van der Waals surface area contributed by atoms with Gasteiger partial charge in [-0.25, -0.2) is 4.39 Å². The number of hydrogen-bond donors (Lipinski definition) is 1. The van der Waals surface area contributed by atoms with Gasteiger partial charge in [-0.05, 0) is 63.8 Å². The summed E-state index contributed by atoms with van der Waals surface area (Å²) in [7, 11) is 1.36. The highest BCUT2D eigenvalue weighted by Crippen LogP contribution is 2.43. The number of primary amides is 1. The Morgan fingerprint density at radius 2 is 1.64 bits per heavy atom. The molecule has 2 heterocycles. The summed E-state index contributed by atoms with van der Waals surface area (Å²) in [5.74, 6) is -2.06. The lowest BCUT2D eigenvalue weighted by Gasteiger charge is -2.40. The highest BCUT2D eigenvalue weighted by molar-refractivity contribution is 6.04. The molecule has 0 saturated carbocycles. The molecule has 1 saturated heterocycles. The zero-order valence-corrected chi connectivity index (χ0v) is 23.2. The molecule has 3 aromatic rings. The molecule has 39 heavy (non-hydrogen) atoms. The Balaban J connectivity index is 1.82. The molecule has 1 aliphatic rings. The van der Waals surface area contributed by atoms with E-state index < -0.39 is 11.7 Å². The number of hydrogen-bond acceptors (Lipinski definition) is 5. The van der Waals surface area contributed by atoms with Gasteiger partial charge in [0.1, 0.15) is 11.5 Å². The van der Waals surface area contributed by atoms with Gasteiger partial charge in [-0.15, -0.1) is 0 Å². The molecule has 2 unspecified atom stereocenters. The van der Waals surface area contributed by atoms with E-state index in [-0.39, 0.29) is 36.5 Å². The number of esters is 1. The molecule has 4 rings (SSSR count). The lowest BCUT2D eigenvalue weighted by atomic mass is 9.92. The Bertz CT molecular complexity index is 1310. The number of benzene rings is 2. The topological polar surface area (TPSA) is 92.8 Å². The van der Waals surface area contributed by atoms with Gasteiger partial charge < -0.3 is 24.5 Å². The van der Waals surface area contributed by atoms with E-state index in [1.165, 1.54) is 19.2 Å². The predicted octanol–water partition coefficient (Wildman–Crippen LogP) is 6.05. The van der Waals surface area contributed by atoms with E-state index in [4.69, 9.17) is 19.9 Å². The normalized spacial score (nSPS) is 18.7. The molecule has 7 nitrogen and oxygen atoms in total. The third-order valence-corrected chi connectivity index (χ3v) is 7.00. The van der Waals surface area contributed by atoms with Crippen molar-refractivity contribution in [2.24, 2.45) is 5.73 Å². The second-order valence-corrected chi connectivity index (χ2v) is 10.7. The van der Waals surface area contributed by atoms with Crippen molar-refractivity contribution in [2.45, 2.75) is 77.4 Å². The second-order valence-electron chi connectivity index (χ2n) is 10.7. The number of nitrogens with zero attached hydrogens (tertiary/aromatic N) is 1. The lowest BCUT2D eigenvalue weighted by molar-refractivity contribution is -0.300. The average molecular weight is 537 g/mol. The molecule has 0 radical (unpaired) electrons. The standard InChI is InChI=1S/C31H37FN2O5/c1-19(2)34-25(16-15-23-17-24(18-26(35)37-5)39-31(3,4)38-23)27(21-11-13-22(32)14-12-21)28(29(34)30(33)36)20-9-7-6-8-10-20/h6-14,19,23-24H,15-18H2,1-5H3,(H2,33,36). The van der Waals surface area contributed by atoms with E-state index in [9.17, 15) is 14.0 Å². The van der Waals surface area contributed by atoms with Crippen LogP contribution in [0, 0.1) is 5.82 Å². The summed E-state index contributed by atoms with van der Waals surface area (Å²) in [6.07, 6.45) is 1.32. The molecule has 1 aromatic heterocycles. The van der Waals surface area contributed by atoms with Crippen LogP contribution in [-0.4, -0.2) is 41.5 Å². The van der Waals surface area contributed by atoms with E-state index in [1.54, 1.807) is 12.1 Å². The molecule has 1 amide bonds. The molecule has 208 valence electrons. The van der Waals surface area contributed by atoms with Crippen LogP contribution in [0.2, 0.25) is 0 Å². The van der Waals surface area contributed by atoms with Crippen LogP contribution in [0.5, 0.6) is 0 Å². The summed E-state index contributed by atoms with van der Waals surface area (Å²) in [6, 6.07) is 15.9. The van der Waals surface area contributed by atoms with Gasteiger partial charge in [0.2, 0.25) is 0 Å². The summed E-state index contributed by atoms with van der Waals surface area (Å²) in [5, 5.41) is 0. The van der Waals surface area contributed by atoms with Gasteiger partial charge in [0.05, 0.1) is 25.7 Å². The van der Waals surface area contributed by atoms with Gasteiger partial charge in [-0.2, -0.15) is 0 Å². The fourth-order valence-corrected chi connectivity index (χ4v) is 5.60. The van der Waals surface area contributed by atoms with Gasteiger partial charge in [-0.1, -0.05) is 42.5 Å². The highest BCUT2D eigenvalue weighted by atomic mass is 19.1. The van der Waals surface area contributed by atoms with Gasteiger partial charge >= 0.3 is 5.97 Å². The number of halogens is 1. The first-order valence-corrected chi connectivity index (χ1v) is 13.3. The second kappa shape index (κ2) is 11.7. The molecule has 1 fully saturated rings. The van der Waals surface area contributed by atoms with E-state index in [0.717, 1.165) is 27.9 Å². The molecule has 0 spiro atoms. The third kappa shape index (κ3) is 6.40. The molecular weight excluding hydrogens is 499 g/mol. The predicted molar refractivity (Wildman–Crippen MR) is 148 cm³/mol. The number of ether oxygens (including phenoxy) is 3. The SMILES string of the molecule is COC(=O)CC1CC(CCc2c(-c3ccc(F)cc3)c(-c3ccccc3)c(C(N)=O)n2C(C)C)OC(C)(C)O1. The van der Waals surface area contributed by atoms with Crippen LogP contribution in [0.3, 0.4) is 0 Å². The minimum Gasteiger partial charge on any atom is -0.469 e. The van der Waals surface area contributed by atoms with Crippen molar-refractivity contribution in [1.82, 2.24) is 4.57 Å². The third-order valence-electron chi connectivity index (χ3n) is 7.00. The molecular formula is C31H37FN2O5. The largest absolute Gasteiger partial charge is 0.469 e. The van der Waals surface area contributed by atoms with Crippen LogP contribution in [-0.2, 0) is 25.4 Å². The first kappa shape index (κ1) is 28.5. The lowest BCUT2D eigenvalue weighted by Crippen LogP contribution is -2.45. The van der Waals surface area contributed by atoms with E-state index >= 15 is 0 Å². The molecule has 8 heteroatoms. The molecule has 2 N–H and O–H groups in total. The van der Waals surface area contributed by atoms with Crippen LogP contribution in [0.25, 0.3) is 22.3 Å². The maximum absolute atomic E-state index is 13.9. The quantitative estimate of drug-likeness (QED) is 0.336. The summed E-state index contributed by atoms with van der Waals surface area (Å²) in [4.78, 5) is 24.9. The van der Waals surface area contributed by atoms with E-state index in [1.807, 2.05) is 62.6 Å². The van der Waals surface area contributed by atoms with Crippen molar-refractivity contribution >= 4 is 11.9 Å². The number of rotatable bonds is 9. The summed E-state index contributed by atoms with van der Waals surface area (Å²) < 4.78 is 33.0. The van der Waals surface area contributed by atoms with Gasteiger partial charge in [0, 0.05) is 29.3 Å². The molecule has 0 aliphatic carbocycles. The summed E-state index contributed by atoms with van der Waals surface area (Å²) >= 11 is 0. The minimum absolute atomic E-state index is 0.0710. The number of methoxy groups -OCH3 is 1. The Kier molecular flexibility index (Phi) is 8.57. The molecule has 1 aliphatic heterocycles. The molecule has 2 atom stereocenters. The smallest absolute Gasteiger partial charge is 0.308 e. The maximum Gasteiger partial charge on any atom is 0.308 e. The van der Waals surface area contributed by atoms with Crippen LogP contribution in [0.15, 0.2) is 54.6 Å². The fourth-order valence-electron chi connectivity index (χ4n) is 5.60. The van der Waals surface area contributed by atoms with Gasteiger partial charge in [-0.3, -0.25) is 9.59 Å². The fraction of sp³-hybridized carbons (Fsp3) is 0.419. The molecule has 2 aromatic carbocycles. The van der Waals surface area contributed by atoms with E-state index in [2.05, 4.69) is 0 Å². The van der Waals surface area contributed by atoms with Gasteiger partial charge in [0.25, 0.3) is 5.91 Å². The number of carbonyl (C=O) groups is 2.